The zero-order valence-electron chi connectivity index (χ0n) is 25.9. The summed E-state index contributed by atoms with van der Waals surface area (Å²) in [6.07, 6.45) is 7.11. The van der Waals surface area contributed by atoms with Crippen LogP contribution < -0.4 is 20.3 Å². The summed E-state index contributed by atoms with van der Waals surface area (Å²) in [5.41, 5.74) is 2.97. The maximum absolute atomic E-state index is 14.5. The summed E-state index contributed by atoms with van der Waals surface area (Å²) in [6, 6.07) is 10.6. The molecule has 0 bridgehead atoms. The highest BCUT2D eigenvalue weighted by atomic mass is 35.5. The van der Waals surface area contributed by atoms with Crippen molar-refractivity contribution >= 4 is 29.9 Å². The summed E-state index contributed by atoms with van der Waals surface area (Å²) < 4.78 is 21.0. The molecule has 10 heteroatoms. The van der Waals surface area contributed by atoms with E-state index in [2.05, 4.69) is 28.5 Å². The van der Waals surface area contributed by atoms with Gasteiger partial charge < -0.3 is 30.1 Å². The van der Waals surface area contributed by atoms with E-state index in [4.69, 9.17) is 4.74 Å². The molecular formula is C34H47ClFN5O3. The third-order valence-electron chi connectivity index (χ3n) is 9.90. The van der Waals surface area contributed by atoms with E-state index in [1.807, 2.05) is 17.0 Å². The van der Waals surface area contributed by atoms with Gasteiger partial charge in [-0.2, -0.15) is 0 Å². The van der Waals surface area contributed by atoms with E-state index >= 15 is 0 Å². The van der Waals surface area contributed by atoms with E-state index in [1.54, 1.807) is 11.0 Å². The number of carbonyl (C=O) groups is 2. The predicted molar refractivity (Wildman–Crippen MR) is 174 cm³/mol. The zero-order chi connectivity index (χ0) is 29.8. The number of hydrogen-bond donors (Lipinski definition) is 2. The first-order chi connectivity index (χ1) is 21.0. The average Bonchev–Trinajstić information content (AvgIpc) is 3.58. The first-order valence-corrected chi connectivity index (χ1v) is 16.3. The number of amides is 2. The molecule has 3 aliphatic heterocycles. The molecule has 1 aliphatic carbocycles. The van der Waals surface area contributed by atoms with E-state index in [9.17, 15) is 14.0 Å². The SMILES string of the molecule is CCC1CCC(c2cc(C(=O)N3CCN(C(=O)c4cc(F)cc(N5CCNCC5)c4)CC3)ccc2O[C@H]2CCNC2)CC1.Cl. The molecule has 2 aromatic carbocycles. The van der Waals surface area contributed by atoms with Crippen molar-refractivity contribution in [2.75, 3.05) is 70.3 Å². The van der Waals surface area contributed by atoms with Crippen molar-refractivity contribution in [3.8, 4) is 5.75 Å². The number of ether oxygens (including phenoxy) is 1. The number of hydrogen-bond acceptors (Lipinski definition) is 6. The highest BCUT2D eigenvalue weighted by molar-refractivity contribution is 5.96. The van der Waals surface area contributed by atoms with E-state index in [-0.39, 0.29) is 30.3 Å². The van der Waals surface area contributed by atoms with Gasteiger partial charge in [0.1, 0.15) is 17.7 Å². The van der Waals surface area contributed by atoms with Crippen LogP contribution in [0.1, 0.15) is 77.6 Å². The van der Waals surface area contributed by atoms with Gasteiger partial charge in [-0.05, 0) is 92.4 Å². The second-order valence-electron chi connectivity index (χ2n) is 12.6. The van der Waals surface area contributed by atoms with Crippen LogP contribution >= 0.6 is 12.4 Å². The van der Waals surface area contributed by atoms with Crippen molar-refractivity contribution in [2.24, 2.45) is 5.92 Å². The third kappa shape index (κ3) is 7.49. The highest BCUT2D eigenvalue weighted by Crippen LogP contribution is 2.41. The molecule has 4 aliphatic rings. The van der Waals surface area contributed by atoms with Crippen LogP contribution in [0.25, 0.3) is 0 Å². The Balaban J connectivity index is 0.00000384. The van der Waals surface area contributed by atoms with Crippen LogP contribution in [-0.2, 0) is 0 Å². The van der Waals surface area contributed by atoms with E-state index in [1.165, 1.54) is 37.0 Å². The molecule has 0 unspecified atom stereocenters. The number of benzene rings is 2. The van der Waals surface area contributed by atoms with Gasteiger partial charge in [-0.25, -0.2) is 4.39 Å². The lowest BCUT2D eigenvalue weighted by Gasteiger charge is -2.35. The number of anilines is 1. The summed E-state index contributed by atoms with van der Waals surface area (Å²) in [6.45, 7) is 9.11. The van der Waals surface area contributed by atoms with Crippen LogP contribution in [0.3, 0.4) is 0 Å². The Labute approximate surface area is 267 Å². The van der Waals surface area contributed by atoms with Gasteiger partial charge in [0.15, 0.2) is 0 Å². The van der Waals surface area contributed by atoms with E-state index < -0.39 is 5.82 Å². The fourth-order valence-corrected chi connectivity index (χ4v) is 7.18. The first kappa shape index (κ1) is 32.5. The second-order valence-corrected chi connectivity index (χ2v) is 12.6. The van der Waals surface area contributed by atoms with Gasteiger partial charge >= 0.3 is 0 Å². The lowest BCUT2D eigenvalue weighted by molar-refractivity contribution is 0.0535. The van der Waals surface area contributed by atoms with Crippen molar-refractivity contribution in [1.29, 1.82) is 0 Å². The maximum Gasteiger partial charge on any atom is 0.254 e. The van der Waals surface area contributed by atoms with Gasteiger partial charge in [-0.1, -0.05) is 13.3 Å². The largest absolute Gasteiger partial charge is 0.489 e. The smallest absolute Gasteiger partial charge is 0.254 e. The Morgan fingerprint density at radius 1 is 0.818 bits per heavy atom. The minimum atomic E-state index is -0.399. The van der Waals surface area contributed by atoms with Crippen LogP contribution in [0.2, 0.25) is 0 Å². The Bertz CT molecular complexity index is 1280. The van der Waals surface area contributed by atoms with Crippen LogP contribution in [0, 0.1) is 11.7 Å². The van der Waals surface area contributed by atoms with Crippen LogP contribution in [0.15, 0.2) is 36.4 Å². The maximum atomic E-state index is 14.5. The summed E-state index contributed by atoms with van der Waals surface area (Å²) in [4.78, 5) is 32.8. The summed E-state index contributed by atoms with van der Waals surface area (Å²) in [7, 11) is 0. The van der Waals surface area contributed by atoms with Crippen molar-refractivity contribution in [3.63, 3.8) is 0 Å². The topological polar surface area (TPSA) is 77.2 Å². The van der Waals surface area contributed by atoms with Crippen molar-refractivity contribution in [3.05, 3.63) is 58.9 Å². The number of halogens is 2. The predicted octanol–water partition coefficient (Wildman–Crippen LogP) is 4.68. The lowest BCUT2D eigenvalue weighted by atomic mass is 9.77. The molecule has 0 aromatic heterocycles. The minimum Gasteiger partial charge on any atom is -0.489 e. The Hall–Kier alpha value is -2.88. The van der Waals surface area contributed by atoms with Gasteiger partial charge in [0.2, 0.25) is 0 Å². The fourth-order valence-electron chi connectivity index (χ4n) is 7.18. The second kappa shape index (κ2) is 14.9. The molecule has 2 aromatic rings. The van der Waals surface area contributed by atoms with Crippen molar-refractivity contribution in [2.45, 2.75) is 57.5 Å². The molecule has 1 saturated carbocycles. The molecular weight excluding hydrogens is 581 g/mol. The van der Waals surface area contributed by atoms with Gasteiger partial charge in [-0.15, -0.1) is 12.4 Å². The molecule has 2 N–H and O–H groups in total. The molecule has 0 spiro atoms. The summed E-state index contributed by atoms with van der Waals surface area (Å²) in [5.74, 6) is 1.54. The van der Waals surface area contributed by atoms with E-state index in [0.717, 1.165) is 75.9 Å². The molecule has 1 atom stereocenters. The average molecular weight is 628 g/mol. The number of rotatable bonds is 7. The van der Waals surface area contributed by atoms with Gasteiger partial charge in [0.25, 0.3) is 11.8 Å². The van der Waals surface area contributed by atoms with Crippen molar-refractivity contribution < 1.29 is 18.7 Å². The van der Waals surface area contributed by atoms with Gasteiger partial charge in [0.05, 0.1) is 0 Å². The third-order valence-corrected chi connectivity index (χ3v) is 9.90. The fraction of sp³-hybridized carbons (Fsp3) is 0.588. The molecule has 2 amide bonds. The highest BCUT2D eigenvalue weighted by Gasteiger charge is 2.30. The van der Waals surface area contributed by atoms with Gasteiger partial charge in [0, 0.05) is 75.7 Å². The van der Waals surface area contributed by atoms with Gasteiger partial charge in [-0.3, -0.25) is 9.59 Å². The number of nitrogens with one attached hydrogen (secondary N) is 2. The minimum absolute atomic E-state index is 0. The molecule has 0 radical (unpaired) electrons. The standard InChI is InChI=1S/C34H46FN5O3.ClH/c1-2-24-3-5-25(6-4-24)31-21-26(7-8-32(31)43-30-9-10-37-23-30)33(41)39-15-17-40(18-16-39)34(42)27-19-28(35)22-29(20-27)38-13-11-36-12-14-38;/h7-8,19-22,24-25,30,36-37H,2-6,9-18,23H2,1H3;1H/t24?,25?,30-;/m0./s1. The number of piperazine rings is 2. The monoisotopic (exact) mass is 627 g/mol. The van der Waals surface area contributed by atoms with E-state index in [0.29, 0.717) is 43.2 Å². The van der Waals surface area contributed by atoms with Crippen LogP contribution in [0.5, 0.6) is 5.75 Å². The summed E-state index contributed by atoms with van der Waals surface area (Å²) in [5, 5.41) is 6.69. The molecule has 4 fully saturated rings. The summed E-state index contributed by atoms with van der Waals surface area (Å²) >= 11 is 0. The molecule has 3 heterocycles. The molecule has 3 saturated heterocycles. The molecule has 240 valence electrons. The lowest BCUT2D eigenvalue weighted by Crippen LogP contribution is -2.50. The quantitative estimate of drug-likeness (QED) is 0.464. The van der Waals surface area contributed by atoms with Crippen molar-refractivity contribution in [1.82, 2.24) is 20.4 Å². The normalized spacial score (nSPS) is 24.1. The molecule has 8 nitrogen and oxygen atoms in total. The Kier molecular flexibility index (Phi) is 11.0. The van der Waals surface area contributed by atoms with Crippen LogP contribution in [-0.4, -0.2) is 93.2 Å². The molecule has 44 heavy (non-hydrogen) atoms. The molecule has 6 rings (SSSR count). The zero-order valence-corrected chi connectivity index (χ0v) is 26.7. The number of nitrogens with zero attached hydrogens (tertiary/aromatic N) is 3. The van der Waals surface area contributed by atoms with Crippen LogP contribution in [0.4, 0.5) is 10.1 Å². The Morgan fingerprint density at radius 3 is 2.14 bits per heavy atom. The number of carbonyl (C=O) groups excluding carboxylic acids is 2. The first-order valence-electron chi connectivity index (χ1n) is 16.3. The Morgan fingerprint density at radius 2 is 1.50 bits per heavy atom.